The maximum absolute atomic E-state index is 11.7. The van der Waals surface area contributed by atoms with Gasteiger partial charge in [-0.05, 0) is 28.7 Å². The number of hydrogen-bond acceptors (Lipinski definition) is 3. The van der Waals surface area contributed by atoms with Crippen molar-refractivity contribution < 1.29 is 4.79 Å². The maximum atomic E-state index is 11.7. The first-order chi connectivity index (χ1) is 6.16. The van der Waals surface area contributed by atoms with Crippen molar-refractivity contribution in [1.29, 1.82) is 0 Å². The molecule has 5 heteroatoms. The molecule has 0 bridgehead atoms. The molecule has 0 aliphatic carbocycles. The summed E-state index contributed by atoms with van der Waals surface area (Å²) in [6.07, 6.45) is 0. The van der Waals surface area contributed by atoms with Crippen LogP contribution < -0.4 is 5.73 Å². The van der Waals surface area contributed by atoms with Crippen molar-refractivity contribution >= 4 is 39.8 Å². The van der Waals surface area contributed by atoms with Crippen molar-refractivity contribution in [2.24, 2.45) is 5.73 Å². The second kappa shape index (κ2) is 3.55. The van der Waals surface area contributed by atoms with Gasteiger partial charge in [-0.15, -0.1) is 11.3 Å². The summed E-state index contributed by atoms with van der Waals surface area (Å²) in [4.78, 5) is 13.4. The average Bonchev–Trinajstić information content (AvgIpc) is 2.45. The summed E-state index contributed by atoms with van der Waals surface area (Å²) >= 11 is 3.81. The van der Waals surface area contributed by atoms with Crippen molar-refractivity contribution in [3.63, 3.8) is 0 Å². The Morgan fingerprint density at radius 3 is 2.85 bits per heavy atom. The molecule has 0 radical (unpaired) electrons. The minimum absolute atomic E-state index is 0.112. The van der Waals surface area contributed by atoms with E-state index in [2.05, 4.69) is 22.6 Å². The van der Waals surface area contributed by atoms with E-state index in [9.17, 15) is 4.79 Å². The van der Waals surface area contributed by atoms with Crippen LogP contribution in [0.15, 0.2) is 11.4 Å². The van der Waals surface area contributed by atoms with Gasteiger partial charge in [0, 0.05) is 24.5 Å². The quantitative estimate of drug-likeness (QED) is 0.791. The molecule has 1 aliphatic heterocycles. The second-order valence-electron chi connectivity index (χ2n) is 3.11. The summed E-state index contributed by atoms with van der Waals surface area (Å²) in [6, 6.07) is 2.10. The molecular formula is C8H9IN2OS. The molecule has 0 saturated carbocycles. The molecule has 2 N–H and O–H groups in total. The van der Waals surface area contributed by atoms with Crippen LogP contribution in [-0.2, 0) is 0 Å². The van der Waals surface area contributed by atoms with Gasteiger partial charge in [-0.2, -0.15) is 0 Å². The van der Waals surface area contributed by atoms with Gasteiger partial charge in [-0.25, -0.2) is 0 Å². The molecule has 2 heterocycles. The highest BCUT2D eigenvalue weighted by Crippen LogP contribution is 2.19. The van der Waals surface area contributed by atoms with E-state index in [-0.39, 0.29) is 11.9 Å². The molecule has 0 atom stereocenters. The van der Waals surface area contributed by atoms with Crippen molar-refractivity contribution in [2.75, 3.05) is 13.1 Å². The van der Waals surface area contributed by atoms with Crippen LogP contribution in [0.4, 0.5) is 0 Å². The molecule has 0 spiro atoms. The van der Waals surface area contributed by atoms with Gasteiger partial charge in [0.1, 0.15) is 0 Å². The van der Waals surface area contributed by atoms with Crippen molar-refractivity contribution in [3.05, 3.63) is 19.9 Å². The van der Waals surface area contributed by atoms with Gasteiger partial charge in [-0.1, -0.05) is 0 Å². The van der Waals surface area contributed by atoms with Crippen LogP contribution in [0.2, 0.25) is 0 Å². The lowest BCUT2D eigenvalue weighted by atomic mass is 10.1. The molecule has 0 unspecified atom stereocenters. The van der Waals surface area contributed by atoms with Crippen LogP contribution in [0.5, 0.6) is 0 Å². The zero-order valence-corrected chi connectivity index (χ0v) is 9.84. The van der Waals surface area contributed by atoms with Crippen molar-refractivity contribution in [2.45, 2.75) is 6.04 Å². The molecule has 2 rings (SSSR count). The molecule has 13 heavy (non-hydrogen) atoms. The Balaban J connectivity index is 2.06. The molecule has 1 amide bonds. The third-order valence-corrected chi connectivity index (χ3v) is 3.80. The first-order valence-electron chi connectivity index (χ1n) is 3.95. The van der Waals surface area contributed by atoms with Gasteiger partial charge in [0.05, 0.1) is 8.45 Å². The molecule has 1 aliphatic rings. The van der Waals surface area contributed by atoms with Gasteiger partial charge in [-0.3, -0.25) is 4.79 Å². The minimum Gasteiger partial charge on any atom is -0.335 e. The number of hydrogen-bond donors (Lipinski definition) is 1. The fourth-order valence-corrected chi connectivity index (χ4v) is 2.60. The molecule has 70 valence electrons. The van der Waals surface area contributed by atoms with Crippen molar-refractivity contribution in [3.8, 4) is 0 Å². The normalized spacial score (nSPS) is 17.2. The molecule has 3 nitrogen and oxygen atoms in total. The Kier molecular flexibility index (Phi) is 2.57. The largest absolute Gasteiger partial charge is 0.335 e. The third-order valence-electron chi connectivity index (χ3n) is 2.01. The highest BCUT2D eigenvalue weighted by molar-refractivity contribution is 14.1. The lowest BCUT2D eigenvalue weighted by molar-refractivity contribution is 0.0608. The van der Waals surface area contributed by atoms with Crippen LogP contribution in [-0.4, -0.2) is 29.9 Å². The highest BCUT2D eigenvalue weighted by atomic mass is 127. The lowest BCUT2D eigenvalue weighted by Crippen LogP contribution is -2.57. The van der Waals surface area contributed by atoms with Gasteiger partial charge in [0.25, 0.3) is 5.91 Å². The van der Waals surface area contributed by atoms with E-state index < -0.39 is 0 Å². The number of halogens is 1. The number of nitrogens with two attached hydrogens (primary N) is 1. The van der Waals surface area contributed by atoms with E-state index in [1.54, 1.807) is 16.2 Å². The Morgan fingerprint density at radius 1 is 1.69 bits per heavy atom. The first-order valence-corrected chi connectivity index (χ1v) is 5.91. The Bertz CT molecular complexity index is 333. The monoisotopic (exact) mass is 308 g/mol. The van der Waals surface area contributed by atoms with Crippen LogP contribution in [0.1, 0.15) is 10.4 Å². The van der Waals surface area contributed by atoms with E-state index in [1.807, 2.05) is 11.4 Å². The predicted molar refractivity (Wildman–Crippen MR) is 60.9 cm³/mol. The van der Waals surface area contributed by atoms with Crippen LogP contribution in [0.25, 0.3) is 0 Å². The Morgan fingerprint density at radius 2 is 2.38 bits per heavy atom. The molecule has 1 aromatic rings. The molecular weight excluding hydrogens is 299 g/mol. The fraction of sp³-hybridized carbons (Fsp3) is 0.375. The Hall–Kier alpha value is -0.140. The smallest absolute Gasteiger partial charge is 0.254 e. The zero-order valence-electron chi connectivity index (χ0n) is 6.87. The topological polar surface area (TPSA) is 46.3 Å². The van der Waals surface area contributed by atoms with E-state index >= 15 is 0 Å². The average molecular weight is 308 g/mol. The molecule has 0 aromatic carbocycles. The minimum atomic E-state index is 0.112. The fourth-order valence-electron chi connectivity index (χ4n) is 1.28. The van der Waals surface area contributed by atoms with Gasteiger partial charge in [0.15, 0.2) is 0 Å². The standard InChI is InChI=1S/C8H9IN2OS/c9-7-1-5(4-13-7)8(12)11-2-6(10)3-11/h1,4,6H,2-3,10H2. The predicted octanol–water partition coefficient (Wildman–Crippen LogP) is 1.14. The SMILES string of the molecule is NC1CN(C(=O)c2csc(I)c2)C1. The summed E-state index contributed by atoms with van der Waals surface area (Å²) in [7, 11) is 0. The summed E-state index contributed by atoms with van der Waals surface area (Å²) < 4.78 is 1.14. The first kappa shape index (κ1) is 9.42. The number of carbonyl (C=O) groups excluding carboxylic acids is 1. The van der Waals surface area contributed by atoms with Gasteiger partial charge in [0.2, 0.25) is 0 Å². The van der Waals surface area contributed by atoms with E-state index in [0.29, 0.717) is 13.1 Å². The van der Waals surface area contributed by atoms with Crippen LogP contribution >= 0.6 is 33.9 Å². The van der Waals surface area contributed by atoms with Crippen LogP contribution in [0, 0.1) is 2.88 Å². The summed E-state index contributed by atoms with van der Waals surface area (Å²) in [5, 5.41) is 1.90. The third kappa shape index (κ3) is 1.87. The van der Waals surface area contributed by atoms with E-state index in [0.717, 1.165) is 8.45 Å². The Labute approximate surface area is 94.0 Å². The lowest BCUT2D eigenvalue weighted by Gasteiger charge is -2.36. The maximum Gasteiger partial charge on any atom is 0.254 e. The number of amides is 1. The number of carbonyl (C=O) groups is 1. The summed E-state index contributed by atoms with van der Waals surface area (Å²) in [5.74, 6) is 0.112. The zero-order chi connectivity index (χ0) is 9.42. The number of thiophene rings is 1. The van der Waals surface area contributed by atoms with E-state index in [4.69, 9.17) is 5.73 Å². The van der Waals surface area contributed by atoms with Crippen molar-refractivity contribution in [1.82, 2.24) is 4.90 Å². The van der Waals surface area contributed by atoms with E-state index in [1.165, 1.54) is 0 Å². The number of likely N-dealkylation sites (tertiary alicyclic amines) is 1. The summed E-state index contributed by atoms with van der Waals surface area (Å²) in [5.41, 5.74) is 6.39. The van der Waals surface area contributed by atoms with Crippen LogP contribution in [0.3, 0.4) is 0 Å². The van der Waals surface area contributed by atoms with Gasteiger partial charge < -0.3 is 10.6 Å². The number of rotatable bonds is 1. The van der Waals surface area contributed by atoms with Gasteiger partial charge >= 0.3 is 0 Å². The molecule has 1 fully saturated rings. The molecule has 1 aromatic heterocycles. The summed E-state index contributed by atoms with van der Waals surface area (Å²) in [6.45, 7) is 1.40. The molecule has 1 saturated heterocycles. The highest BCUT2D eigenvalue weighted by Gasteiger charge is 2.28. The number of nitrogens with zero attached hydrogens (tertiary/aromatic N) is 1. The second-order valence-corrected chi connectivity index (χ2v) is 5.92.